The maximum Gasteiger partial charge on any atom is 0.227 e. The minimum absolute atomic E-state index is 0.0357. The number of rotatable bonds is 2. The molecule has 1 aromatic carbocycles. The number of carbonyl (C=O) groups is 1. The Morgan fingerprint density at radius 3 is 3.06 bits per heavy atom. The van der Waals surface area contributed by atoms with Gasteiger partial charge in [-0.25, -0.2) is 4.39 Å². The van der Waals surface area contributed by atoms with Gasteiger partial charge in [-0.1, -0.05) is 19.1 Å². The van der Waals surface area contributed by atoms with E-state index in [0.29, 0.717) is 18.7 Å². The highest BCUT2D eigenvalue weighted by atomic mass is 19.1. The molecule has 2 rings (SSSR count). The standard InChI is InChI=1S/C13H16FNO/c1-2-5-12(16)15-9-4-7-10-6-3-8-11(14)13(10)15/h3,6,8H,2,4-5,7,9H2,1H3. The summed E-state index contributed by atoms with van der Waals surface area (Å²) in [6.07, 6.45) is 3.09. The highest BCUT2D eigenvalue weighted by molar-refractivity contribution is 5.94. The van der Waals surface area contributed by atoms with Gasteiger partial charge in [0, 0.05) is 13.0 Å². The summed E-state index contributed by atoms with van der Waals surface area (Å²) in [6, 6.07) is 5.04. The van der Waals surface area contributed by atoms with Gasteiger partial charge in [-0.15, -0.1) is 0 Å². The maximum atomic E-state index is 13.7. The molecule has 1 amide bonds. The molecule has 0 fully saturated rings. The summed E-state index contributed by atoms with van der Waals surface area (Å²) in [7, 11) is 0. The molecular formula is C13H16FNO. The van der Waals surface area contributed by atoms with Crippen molar-refractivity contribution in [3.63, 3.8) is 0 Å². The minimum atomic E-state index is -0.276. The Kier molecular flexibility index (Phi) is 3.22. The molecule has 0 saturated heterocycles. The van der Waals surface area contributed by atoms with Crippen molar-refractivity contribution in [2.45, 2.75) is 32.6 Å². The Hall–Kier alpha value is -1.38. The van der Waals surface area contributed by atoms with E-state index in [1.165, 1.54) is 6.07 Å². The lowest BCUT2D eigenvalue weighted by molar-refractivity contribution is -0.118. The Balaban J connectivity index is 2.35. The van der Waals surface area contributed by atoms with E-state index >= 15 is 0 Å². The molecule has 1 aromatic rings. The fraction of sp³-hybridized carbons (Fsp3) is 0.462. The average Bonchev–Trinajstić information content (AvgIpc) is 2.29. The lowest BCUT2D eigenvalue weighted by atomic mass is 10.0. The lowest BCUT2D eigenvalue weighted by Crippen LogP contribution is -2.36. The molecule has 1 aliphatic heterocycles. The van der Waals surface area contributed by atoms with Crippen molar-refractivity contribution in [2.75, 3.05) is 11.4 Å². The Morgan fingerprint density at radius 1 is 1.50 bits per heavy atom. The lowest BCUT2D eigenvalue weighted by Gasteiger charge is -2.29. The zero-order valence-corrected chi connectivity index (χ0v) is 9.50. The molecule has 0 bridgehead atoms. The van der Waals surface area contributed by atoms with Crippen LogP contribution >= 0.6 is 0 Å². The van der Waals surface area contributed by atoms with Crippen molar-refractivity contribution in [1.29, 1.82) is 0 Å². The third kappa shape index (κ3) is 1.94. The van der Waals surface area contributed by atoms with E-state index in [-0.39, 0.29) is 11.7 Å². The molecule has 0 radical (unpaired) electrons. The predicted octanol–water partition coefficient (Wildman–Crippen LogP) is 2.91. The smallest absolute Gasteiger partial charge is 0.227 e. The number of benzene rings is 1. The van der Waals surface area contributed by atoms with Gasteiger partial charge in [0.05, 0.1) is 5.69 Å². The molecule has 0 aliphatic carbocycles. The van der Waals surface area contributed by atoms with E-state index < -0.39 is 0 Å². The summed E-state index contributed by atoms with van der Waals surface area (Å²) < 4.78 is 13.7. The molecule has 0 aromatic heterocycles. The van der Waals surface area contributed by atoms with Crippen LogP contribution in [0.3, 0.4) is 0 Å². The van der Waals surface area contributed by atoms with Crippen molar-refractivity contribution in [3.05, 3.63) is 29.6 Å². The Morgan fingerprint density at radius 2 is 2.31 bits per heavy atom. The SMILES string of the molecule is CCCC(=O)N1CCCc2cccc(F)c21. The molecule has 0 saturated carbocycles. The first kappa shape index (κ1) is 11.1. The van der Waals surface area contributed by atoms with Crippen LogP contribution in [-0.4, -0.2) is 12.5 Å². The first-order valence-electron chi connectivity index (χ1n) is 5.81. The van der Waals surface area contributed by atoms with Crippen LogP contribution in [0.5, 0.6) is 0 Å². The molecule has 1 aliphatic rings. The van der Waals surface area contributed by atoms with E-state index in [2.05, 4.69) is 0 Å². The van der Waals surface area contributed by atoms with Gasteiger partial charge in [-0.2, -0.15) is 0 Å². The Bertz CT molecular complexity index is 403. The summed E-state index contributed by atoms with van der Waals surface area (Å²) >= 11 is 0. The summed E-state index contributed by atoms with van der Waals surface area (Å²) in [5.74, 6) is -0.241. The quantitative estimate of drug-likeness (QED) is 0.752. The van der Waals surface area contributed by atoms with Crippen molar-refractivity contribution in [3.8, 4) is 0 Å². The molecule has 0 unspecified atom stereocenters. The summed E-state index contributed by atoms with van der Waals surface area (Å²) in [5, 5.41) is 0. The average molecular weight is 221 g/mol. The van der Waals surface area contributed by atoms with Crippen LogP contribution in [0.1, 0.15) is 31.7 Å². The zero-order valence-electron chi connectivity index (χ0n) is 9.50. The van der Waals surface area contributed by atoms with Crippen LogP contribution in [0, 0.1) is 5.82 Å². The van der Waals surface area contributed by atoms with E-state index in [9.17, 15) is 9.18 Å². The molecule has 0 atom stereocenters. The van der Waals surface area contributed by atoms with E-state index in [1.807, 2.05) is 13.0 Å². The molecule has 0 spiro atoms. The zero-order chi connectivity index (χ0) is 11.5. The number of aryl methyl sites for hydroxylation is 1. The first-order chi connectivity index (χ1) is 7.74. The molecule has 86 valence electrons. The van der Waals surface area contributed by atoms with Crippen LogP contribution in [0.4, 0.5) is 10.1 Å². The van der Waals surface area contributed by atoms with Gasteiger partial charge in [-0.3, -0.25) is 4.79 Å². The summed E-state index contributed by atoms with van der Waals surface area (Å²) in [5.41, 5.74) is 1.46. The van der Waals surface area contributed by atoms with Gasteiger partial charge in [-0.05, 0) is 30.9 Å². The van der Waals surface area contributed by atoms with Gasteiger partial charge in [0.1, 0.15) is 5.82 Å². The highest BCUT2D eigenvalue weighted by Gasteiger charge is 2.24. The second kappa shape index (κ2) is 4.64. The van der Waals surface area contributed by atoms with Gasteiger partial charge in [0.25, 0.3) is 0 Å². The first-order valence-corrected chi connectivity index (χ1v) is 5.81. The number of fused-ring (bicyclic) bond motifs is 1. The van der Waals surface area contributed by atoms with Crippen LogP contribution in [0.25, 0.3) is 0 Å². The molecule has 0 N–H and O–H groups in total. The van der Waals surface area contributed by atoms with Crippen LogP contribution in [-0.2, 0) is 11.2 Å². The maximum absolute atomic E-state index is 13.7. The number of hydrogen-bond acceptors (Lipinski definition) is 1. The normalized spacial score (nSPS) is 14.8. The van der Waals surface area contributed by atoms with Gasteiger partial charge < -0.3 is 4.90 Å². The van der Waals surface area contributed by atoms with Crippen molar-refractivity contribution >= 4 is 11.6 Å². The number of nitrogens with zero attached hydrogens (tertiary/aromatic N) is 1. The van der Waals surface area contributed by atoms with Crippen molar-refractivity contribution in [1.82, 2.24) is 0 Å². The second-order valence-corrected chi connectivity index (χ2v) is 4.15. The third-order valence-electron chi connectivity index (χ3n) is 2.93. The third-order valence-corrected chi connectivity index (χ3v) is 2.93. The highest BCUT2D eigenvalue weighted by Crippen LogP contribution is 2.30. The summed E-state index contributed by atoms with van der Waals surface area (Å²) in [4.78, 5) is 13.5. The topological polar surface area (TPSA) is 20.3 Å². The molecule has 3 heteroatoms. The fourth-order valence-electron chi connectivity index (χ4n) is 2.20. The number of carbonyl (C=O) groups excluding carboxylic acids is 1. The largest absolute Gasteiger partial charge is 0.309 e. The van der Waals surface area contributed by atoms with Crippen LogP contribution in [0.2, 0.25) is 0 Å². The molecule has 16 heavy (non-hydrogen) atoms. The molecular weight excluding hydrogens is 205 g/mol. The van der Waals surface area contributed by atoms with Crippen molar-refractivity contribution in [2.24, 2.45) is 0 Å². The van der Waals surface area contributed by atoms with E-state index in [0.717, 1.165) is 24.8 Å². The second-order valence-electron chi connectivity index (χ2n) is 4.15. The van der Waals surface area contributed by atoms with Crippen LogP contribution < -0.4 is 4.90 Å². The summed E-state index contributed by atoms with van der Waals surface area (Å²) in [6.45, 7) is 2.61. The fourth-order valence-corrected chi connectivity index (χ4v) is 2.20. The van der Waals surface area contributed by atoms with Crippen LogP contribution in [0.15, 0.2) is 18.2 Å². The van der Waals surface area contributed by atoms with E-state index in [1.54, 1.807) is 11.0 Å². The Labute approximate surface area is 95.1 Å². The van der Waals surface area contributed by atoms with Gasteiger partial charge in [0.15, 0.2) is 0 Å². The minimum Gasteiger partial charge on any atom is -0.309 e. The number of para-hydroxylation sites is 1. The molecule has 1 heterocycles. The van der Waals surface area contributed by atoms with Gasteiger partial charge >= 0.3 is 0 Å². The van der Waals surface area contributed by atoms with Crippen molar-refractivity contribution < 1.29 is 9.18 Å². The number of hydrogen-bond donors (Lipinski definition) is 0. The van der Waals surface area contributed by atoms with E-state index in [4.69, 9.17) is 0 Å². The number of anilines is 1. The molecule has 2 nitrogen and oxygen atoms in total. The number of amides is 1. The number of halogens is 1. The monoisotopic (exact) mass is 221 g/mol. The van der Waals surface area contributed by atoms with Gasteiger partial charge in [0.2, 0.25) is 5.91 Å². The predicted molar refractivity (Wildman–Crippen MR) is 62.0 cm³/mol.